The van der Waals surface area contributed by atoms with Gasteiger partial charge in [-0.25, -0.2) is 32.2 Å². The number of nitrogens with two attached hydrogens (primary N) is 1. The molecule has 0 aliphatic heterocycles. The van der Waals surface area contributed by atoms with E-state index in [1.807, 2.05) is 62.4 Å². The van der Waals surface area contributed by atoms with Crippen LogP contribution in [0, 0.1) is 39.3 Å². The lowest BCUT2D eigenvalue weighted by atomic mass is 10.2. The van der Waals surface area contributed by atoms with E-state index in [2.05, 4.69) is 25.3 Å². The molecule has 330 valence electrons. The number of benzene rings is 4. The Morgan fingerprint density at radius 2 is 1.24 bits per heavy atom. The van der Waals surface area contributed by atoms with E-state index in [0.29, 0.717) is 38.0 Å². The van der Waals surface area contributed by atoms with Gasteiger partial charge in [-0.15, -0.1) is 0 Å². The number of anilines is 3. The number of carboxylic acids is 1. The second-order valence-electron chi connectivity index (χ2n) is 13.2. The van der Waals surface area contributed by atoms with Crippen molar-refractivity contribution >= 4 is 75.7 Å². The first-order chi connectivity index (χ1) is 30.9. The molecule has 0 aliphatic carbocycles. The smallest absolute Gasteiger partial charge is 0.300 e. The number of hydrogen-bond donors (Lipinski definition) is 3. The van der Waals surface area contributed by atoms with Crippen LogP contribution in [0.15, 0.2) is 112 Å². The number of para-hydroxylation sites is 2. The standard InChI is InChI=1S/C19H15FN4OS.C14H13N3O3S2.C7H8FN.C2H4O2.CH4.3H2/c1-11-7-8-13(9-14(11)20)22-19-23-17-16(26-19)18(25)24(10-21-17)15-6-4-3-5-12(15)2;1-3-22(19,20)14-16-12-11(21-14)13(18)17(8-15-12)10-7-5-4-6-9(10)2;1-5-2-3-6(9)4-7(5)8;1-2(3)4;;;;/h3-10H,1-2H3,(H,22,23);4-8H,3H2,1-2H3;2-4H,9H2,1H3;1H3,(H,3,4);1H4;3*1H/i;;;;;2*1+1D;1+1. The molecule has 4 N–H and O–H groups in total. The first kappa shape index (κ1) is 44.8. The van der Waals surface area contributed by atoms with Crippen LogP contribution in [0.25, 0.3) is 32.1 Å². The first-order valence-corrected chi connectivity index (χ1v) is 21.5. The monoisotopic (exact) mass is 913 g/mol. The molecule has 0 fully saturated rings. The molecule has 0 unspecified atom stereocenters. The molecule has 62 heavy (non-hydrogen) atoms. The van der Waals surface area contributed by atoms with Crippen LogP contribution in [0.5, 0.6) is 0 Å². The molecule has 0 saturated carbocycles. The molecular formula is C43H50F2N8O6S3. The second kappa shape index (κ2) is 20.7. The van der Waals surface area contributed by atoms with Crippen molar-refractivity contribution in [2.24, 2.45) is 0 Å². The number of fused-ring (bicyclic) bond motifs is 2. The third-order valence-electron chi connectivity index (χ3n) is 8.63. The second-order valence-corrected chi connectivity index (χ2v) is 17.7. The van der Waals surface area contributed by atoms with Crippen molar-refractivity contribution in [3.8, 4) is 11.4 Å². The van der Waals surface area contributed by atoms with Crippen LogP contribution in [0.2, 0.25) is 0 Å². The number of hydrogen-bond acceptors (Lipinski definition) is 13. The molecule has 4 aromatic carbocycles. The minimum Gasteiger partial charge on any atom is -0.481 e. The molecule has 0 atom stereocenters. The van der Waals surface area contributed by atoms with Crippen LogP contribution in [0.4, 0.5) is 25.3 Å². The van der Waals surface area contributed by atoms with E-state index < -0.39 is 15.8 Å². The van der Waals surface area contributed by atoms with Gasteiger partial charge in [0.15, 0.2) is 16.4 Å². The molecule has 8 aromatic rings. The maximum atomic E-state index is 13.7. The van der Waals surface area contributed by atoms with Crippen LogP contribution >= 0.6 is 22.7 Å². The minimum atomic E-state index is -3.44. The van der Waals surface area contributed by atoms with Crippen molar-refractivity contribution < 1.29 is 34.5 Å². The first-order valence-electron chi connectivity index (χ1n) is 20.3. The molecule has 0 spiro atoms. The number of nitrogens with one attached hydrogen (secondary N) is 1. The number of halogens is 2. The Bertz CT molecular complexity index is 3130. The Kier molecular flexibility index (Phi) is 15.0. The predicted octanol–water partition coefficient (Wildman–Crippen LogP) is 9.47. The highest BCUT2D eigenvalue weighted by atomic mass is 32.2. The predicted molar refractivity (Wildman–Crippen MR) is 250 cm³/mol. The number of rotatable bonds is 6. The van der Waals surface area contributed by atoms with Gasteiger partial charge < -0.3 is 16.2 Å². The Hall–Kier alpha value is -6.70. The van der Waals surface area contributed by atoms with Crippen LogP contribution in [0.1, 0.15) is 50.9 Å². The zero-order valence-corrected chi connectivity index (χ0v) is 36.1. The number of aromatic nitrogens is 6. The number of sulfone groups is 1. The number of thiazole rings is 2. The zero-order valence-electron chi connectivity index (χ0n) is 37.7. The highest BCUT2D eigenvalue weighted by Gasteiger charge is 2.21. The number of nitrogens with zero attached hydrogens (tertiary/aromatic N) is 6. The Morgan fingerprint density at radius 1 is 0.774 bits per heavy atom. The van der Waals surface area contributed by atoms with Gasteiger partial charge in [-0.1, -0.05) is 85.6 Å². The van der Waals surface area contributed by atoms with Crippen LogP contribution in [0.3, 0.4) is 0 Å². The summed E-state index contributed by atoms with van der Waals surface area (Å²) in [4.78, 5) is 51.2. The normalized spacial score (nSPS) is 10.9. The van der Waals surface area contributed by atoms with Gasteiger partial charge in [0.25, 0.3) is 17.1 Å². The lowest BCUT2D eigenvalue weighted by Gasteiger charge is -2.07. The van der Waals surface area contributed by atoms with Gasteiger partial charge in [0.05, 0.1) is 17.1 Å². The highest BCUT2D eigenvalue weighted by molar-refractivity contribution is 7.93. The maximum Gasteiger partial charge on any atom is 0.300 e. The summed E-state index contributed by atoms with van der Waals surface area (Å²) in [5, 5.41) is 11.0. The molecule has 0 aliphatic rings. The molecule has 19 heteroatoms. The summed E-state index contributed by atoms with van der Waals surface area (Å²) in [6, 6.07) is 24.6. The lowest BCUT2D eigenvalue weighted by molar-refractivity contribution is -0.134. The SMILES string of the molecule is C.CC(=O)O.CCS(=O)(=O)c1nc2ncn(-c3ccccc3C)c(=O)c2s1.Cc1ccc(N)cc1F.Cc1ccc(Nc2nc3ncn(-c4ccccc4C)c(=O)c3s2)cc1F.[2HH].[2H][2H].[2H][2H]. The number of aliphatic carboxylic acids is 1. The number of nitrogen functional groups attached to an aromatic ring is 1. The average Bonchev–Trinajstić information content (AvgIpc) is 3.93. The summed E-state index contributed by atoms with van der Waals surface area (Å²) >= 11 is 2.08. The van der Waals surface area contributed by atoms with Gasteiger partial charge in [0.2, 0.25) is 14.2 Å². The van der Waals surface area contributed by atoms with Crippen molar-refractivity contribution in [1.82, 2.24) is 29.1 Å². The van der Waals surface area contributed by atoms with E-state index in [1.54, 1.807) is 45.0 Å². The maximum absolute atomic E-state index is 13.7. The summed E-state index contributed by atoms with van der Waals surface area (Å²) in [5.41, 5.74) is 11.0. The Balaban J connectivity index is 0.000000494. The van der Waals surface area contributed by atoms with Crippen LogP contribution < -0.4 is 22.2 Å². The van der Waals surface area contributed by atoms with Crippen molar-refractivity contribution in [3.05, 3.63) is 152 Å². The largest absolute Gasteiger partial charge is 0.481 e. The molecular weight excluding hydrogens is 859 g/mol. The fraction of sp³-hybridized carbons (Fsp3) is 0.186. The van der Waals surface area contributed by atoms with Gasteiger partial charge >= 0.3 is 0 Å². The van der Waals surface area contributed by atoms with Gasteiger partial charge in [-0.05, 0) is 86.3 Å². The summed E-state index contributed by atoms with van der Waals surface area (Å²) in [6.07, 6.45) is 2.87. The number of carbonyl (C=O) groups is 1. The van der Waals surface area contributed by atoms with Gasteiger partial charge in [-0.3, -0.25) is 23.5 Å². The quantitative estimate of drug-likeness (QED) is 0.133. The summed E-state index contributed by atoms with van der Waals surface area (Å²) in [7, 11) is -3.44. The topological polar surface area (TPSA) is 205 Å². The fourth-order valence-corrected chi connectivity index (χ4v) is 8.47. The molecule has 14 nitrogen and oxygen atoms in total. The van der Waals surface area contributed by atoms with E-state index in [9.17, 15) is 26.8 Å². The van der Waals surface area contributed by atoms with Gasteiger partial charge in [0.1, 0.15) is 33.7 Å². The van der Waals surface area contributed by atoms with Crippen LogP contribution in [-0.4, -0.2) is 54.3 Å². The molecule has 0 bridgehead atoms. The number of aryl methyl sites for hydroxylation is 4. The summed E-state index contributed by atoms with van der Waals surface area (Å²) in [6.45, 7) is 9.87. The average molecular weight is 914 g/mol. The van der Waals surface area contributed by atoms with Crippen molar-refractivity contribution in [2.45, 2.75) is 53.3 Å². The Morgan fingerprint density at radius 3 is 1.71 bits per heavy atom. The number of carboxylic acid groups (broad SMARTS) is 1. The van der Waals surface area contributed by atoms with E-state index in [1.165, 1.54) is 45.3 Å². The Labute approximate surface area is 371 Å². The third kappa shape index (κ3) is 11.6. The van der Waals surface area contributed by atoms with Crippen molar-refractivity contribution in [2.75, 3.05) is 16.8 Å². The molecule has 4 aromatic heterocycles. The minimum absolute atomic E-state index is 0. The summed E-state index contributed by atoms with van der Waals surface area (Å²) < 4.78 is 73.6. The van der Waals surface area contributed by atoms with E-state index in [0.717, 1.165) is 40.8 Å². The highest BCUT2D eigenvalue weighted by Crippen LogP contribution is 2.27. The molecule has 0 radical (unpaired) electrons. The van der Waals surface area contributed by atoms with Crippen molar-refractivity contribution in [1.29, 1.82) is 0 Å². The fourth-order valence-electron chi connectivity index (χ4n) is 5.33. The zero-order chi connectivity index (χ0) is 48.6. The van der Waals surface area contributed by atoms with E-state index in [4.69, 9.17) is 21.6 Å². The molecule has 4 heterocycles. The molecule has 0 amide bonds. The van der Waals surface area contributed by atoms with E-state index >= 15 is 0 Å². The van der Waals surface area contributed by atoms with Crippen molar-refractivity contribution in [3.63, 3.8) is 0 Å². The third-order valence-corrected chi connectivity index (χ3v) is 12.8. The van der Waals surface area contributed by atoms with Crippen LogP contribution in [-0.2, 0) is 14.6 Å². The molecule has 0 saturated heterocycles. The van der Waals surface area contributed by atoms with Gasteiger partial charge in [-0.2, -0.15) is 4.98 Å². The van der Waals surface area contributed by atoms with E-state index in [-0.39, 0.29) is 52.0 Å². The molecule has 8 rings (SSSR count). The summed E-state index contributed by atoms with van der Waals surface area (Å²) in [5.74, 6) is -1.43. The van der Waals surface area contributed by atoms with Gasteiger partial charge in [0, 0.05) is 25.7 Å². The lowest BCUT2D eigenvalue weighted by Crippen LogP contribution is -2.18.